The van der Waals surface area contributed by atoms with Gasteiger partial charge in [-0.25, -0.2) is 0 Å². The molecule has 5 rings (SSSR count). The minimum atomic E-state index is -2.17. The Morgan fingerprint density at radius 3 is 2.82 bits per heavy atom. The number of hydrogen-bond donors (Lipinski definition) is 3. The van der Waals surface area contributed by atoms with Crippen LogP contribution in [-0.4, -0.2) is 51.9 Å². The van der Waals surface area contributed by atoms with Gasteiger partial charge in [-0.2, -0.15) is 0 Å². The van der Waals surface area contributed by atoms with Crippen LogP contribution in [0.1, 0.15) is 6.92 Å². The Kier molecular flexibility index (Phi) is 5.27. The Balaban J connectivity index is 1.34. The third-order valence-electron chi connectivity index (χ3n) is 5.64. The fraction of sp³-hybridized carbons (Fsp3) is 0.217. The first kappa shape index (κ1) is 21.6. The number of aliphatic hydroxyl groups is 1. The molecule has 0 spiro atoms. The van der Waals surface area contributed by atoms with E-state index in [1.54, 1.807) is 48.8 Å². The van der Waals surface area contributed by atoms with Gasteiger partial charge in [0.15, 0.2) is 23.1 Å². The van der Waals surface area contributed by atoms with Gasteiger partial charge >= 0.3 is 0 Å². The summed E-state index contributed by atoms with van der Waals surface area (Å²) in [5.74, 6) is -0.348. The summed E-state index contributed by atoms with van der Waals surface area (Å²) in [6.45, 7) is 1.54. The highest BCUT2D eigenvalue weighted by Crippen LogP contribution is 2.31. The molecule has 1 aliphatic rings. The van der Waals surface area contributed by atoms with E-state index in [1.165, 1.54) is 17.9 Å². The van der Waals surface area contributed by atoms with Crippen molar-refractivity contribution >= 4 is 40.2 Å². The van der Waals surface area contributed by atoms with Crippen LogP contribution in [-0.2, 0) is 14.3 Å². The third-order valence-corrected chi connectivity index (χ3v) is 5.64. The van der Waals surface area contributed by atoms with Crippen LogP contribution in [0.3, 0.4) is 0 Å². The van der Waals surface area contributed by atoms with Gasteiger partial charge in [0.25, 0.3) is 11.8 Å². The molecule has 34 heavy (non-hydrogen) atoms. The van der Waals surface area contributed by atoms with Crippen molar-refractivity contribution in [2.75, 3.05) is 29.1 Å². The summed E-state index contributed by atoms with van der Waals surface area (Å²) in [4.78, 5) is 31.5. The number of amides is 2. The number of pyridine rings is 1. The Morgan fingerprint density at radius 2 is 2.03 bits per heavy atom. The minimum Gasteiger partial charge on any atom is -0.440 e. The summed E-state index contributed by atoms with van der Waals surface area (Å²) in [5.41, 5.74) is 5.03. The smallest absolute Gasteiger partial charge is 0.262 e. The van der Waals surface area contributed by atoms with E-state index in [9.17, 15) is 14.7 Å². The zero-order chi connectivity index (χ0) is 23.9. The van der Waals surface area contributed by atoms with Crippen molar-refractivity contribution in [1.29, 1.82) is 0 Å². The molecule has 0 bridgehead atoms. The van der Waals surface area contributed by atoms with Crippen LogP contribution in [0.2, 0.25) is 0 Å². The number of benzene rings is 1. The summed E-state index contributed by atoms with van der Waals surface area (Å²) >= 11 is 0. The number of ether oxygens (including phenoxy) is 1. The van der Waals surface area contributed by atoms with E-state index in [4.69, 9.17) is 19.4 Å². The number of anilines is 3. The minimum absolute atomic E-state index is 0.106. The molecule has 1 aromatic carbocycles. The first-order chi connectivity index (χ1) is 16.3. The van der Waals surface area contributed by atoms with Gasteiger partial charge in [0.2, 0.25) is 5.88 Å². The molecular weight excluding hydrogens is 442 g/mol. The number of aromatic nitrogens is 2. The molecule has 11 nitrogen and oxygen atoms in total. The maximum atomic E-state index is 13.2. The third kappa shape index (κ3) is 3.76. The summed E-state index contributed by atoms with van der Waals surface area (Å²) in [7, 11) is 0. The highest BCUT2D eigenvalue weighted by atomic mass is 16.5. The second-order valence-corrected chi connectivity index (χ2v) is 7.99. The van der Waals surface area contributed by atoms with E-state index in [-0.39, 0.29) is 24.9 Å². The molecule has 2 amide bonds. The molecule has 1 aliphatic heterocycles. The fourth-order valence-corrected chi connectivity index (χ4v) is 3.76. The fourth-order valence-electron chi connectivity index (χ4n) is 3.76. The standard InChI is InChI=1S/C23H21N5O6/c1-23(31,22(30)26-14-2-3-15-17(12-14)34-27-20(15)24)19-21(29)28(10-11-32-19)18-5-4-16(33-18)13-6-8-25-9-7-13/h2-9,12,19,31H,10-11H2,1H3,(H2,24,27)(H,26,30)/t19-,23?/m0/s1. The highest BCUT2D eigenvalue weighted by Gasteiger charge is 2.49. The van der Waals surface area contributed by atoms with Crippen molar-refractivity contribution in [2.45, 2.75) is 18.6 Å². The van der Waals surface area contributed by atoms with Gasteiger partial charge in [0, 0.05) is 35.8 Å². The SMILES string of the molecule is CC(O)(C(=O)Nc1ccc2c(N)noc2c1)[C@H]1OCCN(c2ccc(-c3ccncc3)o2)C1=O. The Bertz CT molecular complexity index is 1360. The molecule has 174 valence electrons. The van der Waals surface area contributed by atoms with Crippen LogP contribution in [0, 0.1) is 0 Å². The average Bonchev–Trinajstić information content (AvgIpc) is 3.47. The van der Waals surface area contributed by atoms with Gasteiger partial charge in [-0.3, -0.25) is 19.5 Å². The van der Waals surface area contributed by atoms with E-state index < -0.39 is 23.5 Å². The van der Waals surface area contributed by atoms with Gasteiger partial charge in [-0.1, -0.05) is 5.16 Å². The largest absolute Gasteiger partial charge is 0.440 e. The van der Waals surface area contributed by atoms with Crippen LogP contribution < -0.4 is 16.0 Å². The van der Waals surface area contributed by atoms with Crippen LogP contribution >= 0.6 is 0 Å². The normalized spacial score (nSPS) is 18.1. The van der Waals surface area contributed by atoms with Crippen molar-refractivity contribution in [3.63, 3.8) is 0 Å². The quantitative estimate of drug-likeness (QED) is 0.403. The second kappa shape index (κ2) is 8.28. The number of fused-ring (bicyclic) bond motifs is 1. The van der Waals surface area contributed by atoms with Crippen LogP contribution in [0.5, 0.6) is 0 Å². The molecule has 11 heteroatoms. The predicted molar refractivity (Wildman–Crippen MR) is 122 cm³/mol. The molecule has 0 saturated carbocycles. The Labute approximate surface area is 193 Å². The molecule has 3 aromatic heterocycles. The second-order valence-electron chi connectivity index (χ2n) is 7.99. The van der Waals surface area contributed by atoms with E-state index in [0.717, 1.165) is 5.56 Å². The van der Waals surface area contributed by atoms with Crippen molar-refractivity contribution in [1.82, 2.24) is 10.1 Å². The Hall–Kier alpha value is -4.22. The van der Waals surface area contributed by atoms with Gasteiger partial charge in [0.1, 0.15) is 5.76 Å². The number of carbonyl (C=O) groups is 2. The summed E-state index contributed by atoms with van der Waals surface area (Å²) in [6, 6.07) is 11.7. The molecule has 1 saturated heterocycles. The number of nitrogen functional groups attached to an aromatic ring is 1. The van der Waals surface area contributed by atoms with Gasteiger partial charge in [0.05, 0.1) is 18.5 Å². The van der Waals surface area contributed by atoms with E-state index in [1.807, 2.05) is 0 Å². The number of carbonyl (C=O) groups excluding carboxylic acids is 2. The van der Waals surface area contributed by atoms with E-state index in [2.05, 4.69) is 15.5 Å². The number of nitrogens with zero attached hydrogens (tertiary/aromatic N) is 3. The number of morpholine rings is 1. The summed E-state index contributed by atoms with van der Waals surface area (Å²) in [5, 5.41) is 17.9. The van der Waals surface area contributed by atoms with Crippen LogP contribution in [0.4, 0.5) is 17.4 Å². The zero-order valence-corrected chi connectivity index (χ0v) is 18.1. The number of furan rings is 1. The monoisotopic (exact) mass is 463 g/mol. The lowest BCUT2D eigenvalue weighted by Crippen LogP contribution is -2.61. The molecule has 0 aliphatic carbocycles. The molecular formula is C23H21N5O6. The number of nitrogens with one attached hydrogen (secondary N) is 1. The predicted octanol–water partition coefficient (Wildman–Crippen LogP) is 2.19. The molecule has 4 heterocycles. The molecule has 4 aromatic rings. The lowest BCUT2D eigenvalue weighted by Gasteiger charge is -2.37. The first-order valence-corrected chi connectivity index (χ1v) is 10.5. The van der Waals surface area contributed by atoms with Gasteiger partial charge in [-0.05, 0) is 37.3 Å². The van der Waals surface area contributed by atoms with Crippen molar-refractivity contribution < 1.29 is 28.4 Å². The average molecular weight is 463 g/mol. The van der Waals surface area contributed by atoms with E-state index >= 15 is 0 Å². The number of hydrogen-bond acceptors (Lipinski definition) is 9. The number of rotatable bonds is 5. The molecule has 2 atom stereocenters. The van der Waals surface area contributed by atoms with Crippen LogP contribution in [0.25, 0.3) is 22.3 Å². The summed E-state index contributed by atoms with van der Waals surface area (Å²) in [6.07, 6.45) is 1.83. The summed E-state index contributed by atoms with van der Waals surface area (Å²) < 4.78 is 16.5. The molecule has 4 N–H and O–H groups in total. The van der Waals surface area contributed by atoms with Crippen molar-refractivity contribution in [3.05, 3.63) is 54.9 Å². The molecule has 1 fully saturated rings. The first-order valence-electron chi connectivity index (χ1n) is 10.5. The zero-order valence-electron chi connectivity index (χ0n) is 18.1. The van der Waals surface area contributed by atoms with Crippen LogP contribution in [0.15, 0.2) is 63.8 Å². The van der Waals surface area contributed by atoms with E-state index in [0.29, 0.717) is 22.4 Å². The highest BCUT2D eigenvalue weighted by molar-refractivity contribution is 6.06. The maximum absolute atomic E-state index is 13.2. The topological polar surface area (TPSA) is 157 Å². The van der Waals surface area contributed by atoms with Gasteiger partial charge < -0.3 is 29.8 Å². The Morgan fingerprint density at radius 1 is 1.24 bits per heavy atom. The van der Waals surface area contributed by atoms with Crippen molar-refractivity contribution in [3.8, 4) is 11.3 Å². The lowest BCUT2D eigenvalue weighted by atomic mass is 9.95. The van der Waals surface area contributed by atoms with Crippen molar-refractivity contribution in [2.24, 2.45) is 0 Å². The number of nitrogens with two attached hydrogens (primary N) is 1. The lowest BCUT2D eigenvalue weighted by molar-refractivity contribution is -0.165. The maximum Gasteiger partial charge on any atom is 0.262 e. The van der Waals surface area contributed by atoms with Gasteiger partial charge in [-0.15, -0.1) is 0 Å². The molecule has 0 radical (unpaired) electrons. The molecule has 1 unspecified atom stereocenters.